The number of halogens is 1. The van der Waals surface area contributed by atoms with Crippen LogP contribution >= 0.6 is 11.6 Å². The number of benzene rings is 3. The highest BCUT2D eigenvalue weighted by Gasteiger charge is 2.70. The summed E-state index contributed by atoms with van der Waals surface area (Å²) >= 11 is 6.48. The maximum atomic E-state index is 14.3. The van der Waals surface area contributed by atoms with E-state index in [1.54, 1.807) is 31.2 Å². The molecule has 212 valence electrons. The van der Waals surface area contributed by atoms with Crippen LogP contribution in [-0.2, 0) is 31.1 Å². The van der Waals surface area contributed by atoms with Crippen LogP contribution < -0.4 is 15.5 Å². The largest absolute Gasteiger partial charge is 0.462 e. The molecule has 9 nitrogen and oxygen atoms in total. The number of para-hydroxylation sites is 1. The molecule has 7 rings (SSSR count). The molecule has 3 aliphatic rings. The molecule has 1 spiro atoms. The number of ether oxygens (including phenoxy) is 1. The molecule has 3 aromatic carbocycles. The first-order valence-electron chi connectivity index (χ1n) is 13.8. The van der Waals surface area contributed by atoms with Crippen LogP contribution in [0, 0.1) is 18.8 Å². The van der Waals surface area contributed by atoms with Crippen molar-refractivity contribution in [3.05, 3.63) is 94.1 Å². The highest BCUT2D eigenvalue weighted by Crippen LogP contribution is 2.55. The third kappa shape index (κ3) is 3.66. The fourth-order valence-corrected chi connectivity index (χ4v) is 7.23. The Kier molecular flexibility index (Phi) is 6.00. The van der Waals surface area contributed by atoms with Crippen LogP contribution in [0.1, 0.15) is 34.0 Å². The Morgan fingerprint density at radius 2 is 1.81 bits per heavy atom. The van der Waals surface area contributed by atoms with Gasteiger partial charge in [0.2, 0.25) is 17.7 Å². The molecule has 4 aromatic rings. The summed E-state index contributed by atoms with van der Waals surface area (Å²) in [5.74, 6) is -3.60. The maximum Gasteiger partial charge on any atom is 0.338 e. The van der Waals surface area contributed by atoms with Gasteiger partial charge in [-0.1, -0.05) is 29.8 Å². The van der Waals surface area contributed by atoms with Gasteiger partial charge in [-0.3, -0.25) is 19.7 Å². The van der Waals surface area contributed by atoms with Crippen LogP contribution in [0.15, 0.2) is 66.9 Å². The van der Waals surface area contributed by atoms with E-state index in [4.69, 9.17) is 16.3 Å². The zero-order valence-electron chi connectivity index (χ0n) is 22.9. The van der Waals surface area contributed by atoms with E-state index in [0.717, 1.165) is 26.9 Å². The third-order valence-electron chi connectivity index (χ3n) is 8.74. The Hall–Kier alpha value is -4.47. The predicted octanol–water partition coefficient (Wildman–Crippen LogP) is 4.47. The number of hydrogen-bond acceptors (Lipinski definition) is 6. The van der Waals surface area contributed by atoms with E-state index < -0.39 is 41.2 Å². The lowest BCUT2D eigenvalue weighted by Crippen LogP contribution is -2.53. The van der Waals surface area contributed by atoms with E-state index in [2.05, 4.69) is 15.6 Å². The number of carbonyl (C=O) groups is 4. The van der Waals surface area contributed by atoms with E-state index in [1.807, 2.05) is 37.4 Å². The summed E-state index contributed by atoms with van der Waals surface area (Å²) in [4.78, 5) is 59.1. The highest BCUT2D eigenvalue weighted by molar-refractivity contribution is 6.31. The van der Waals surface area contributed by atoms with Gasteiger partial charge in [0.15, 0.2) is 0 Å². The lowest BCUT2D eigenvalue weighted by molar-refractivity contribution is -0.130. The predicted molar refractivity (Wildman–Crippen MR) is 157 cm³/mol. The second-order valence-electron chi connectivity index (χ2n) is 11.0. The van der Waals surface area contributed by atoms with Crippen LogP contribution in [0.3, 0.4) is 0 Å². The van der Waals surface area contributed by atoms with Gasteiger partial charge in [-0.25, -0.2) is 9.69 Å². The number of fused-ring (bicyclic) bond motifs is 5. The molecule has 0 aliphatic carbocycles. The van der Waals surface area contributed by atoms with E-state index in [9.17, 15) is 19.2 Å². The van der Waals surface area contributed by atoms with Gasteiger partial charge in [-0.2, -0.15) is 0 Å². The van der Waals surface area contributed by atoms with Gasteiger partial charge in [0.05, 0.1) is 29.7 Å². The van der Waals surface area contributed by atoms with Crippen LogP contribution in [0.2, 0.25) is 5.02 Å². The molecule has 42 heavy (non-hydrogen) atoms. The van der Waals surface area contributed by atoms with Crippen LogP contribution in [-0.4, -0.2) is 41.3 Å². The zero-order chi connectivity index (χ0) is 29.3. The number of esters is 1. The number of H-pyrrole nitrogens is 1. The van der Waals surface area contributed by atoms with Crippen LogP contribution in [0.4, 0.5) is 11.4 Å². The van der Waals surface area contributed by atoms with Gasteiger partial charge in [-0.05, 0) is 73.9 Å². The maximum absolute atomic E-state index is 14.3. The molecule has 3 amide bonds. The van der Waals surface area contributed by atoms with Crippen molar-refractivity contribution in [1.82, 2.24) is 10.3 Å². The molecule has 0 bridgehead atoms. The topological polar surface area (TPSA) is 121 Å². The average molecular weight is 583 g/mol. The number of anilines is 2. The quantitative estimate of drug-likeness (QED) is 0.236. The minimum Gasteiger partial charge on any atom is -0.462 e. The van der Waals surface area contributed by atoms with Gasteiger partial charge < -0.3 is 15.0 Å². The van der Waals surface area contributed by atoms with Gasteiger partial charge in [0.1, 0.15) is 5.54 Å². The number of carbonyl (C=O) groups excluding carboxylic acids is 4. The fraction of sp³-hybridized carbons (Fsp3) is 0.250. The van der Waals surface area contributed by atoms with Crippen molar-refractivity contribution in [3.8, 4) is 0 Å². The number of amides is 3. The summed E-state index contributed by atoms with van der Waals surface area (Å²) in [6.45, 7) is 3.79. The average Bonchev–Trinajstić information content (AvgIpc) is 3.68. The van der Waals surface area contributed by atoms with Crippen molar-refractivity contribution in [1.29, 1.82) is 0 Å². The number of nitrogens with zero attached hydrogens (tertiary/aromatic N) is 1. The van der Waals surface area contributed by atoms with Crippen molar-refractivity contribution in [3.63, 3.8) is 0 Å². The number of nitrogens with one attached hydrogen (secondary N) is 3. The minimum absolute atomic E-state index is 0.229. The van der Waals surface area contributed by atoms with E-state index in [-0.39, 0.29) is 12.5 Å². The van der Waals surface area contributed by atoms with Crippen LogP contribution in [0.5, 0.6) is 0 Å². The molecule has 2 fully saturated rings. The molecular weight excluding hydrogens is 556 g/mol. The summed E-state index contributed by atoms with van der Waals surface area (Å²) < 4.78 is 5.07. The van der Waals surface area contributed by atoms with Crippen molar-refractivity contribution in [2.24, 2.45) is 11.8 Å². The molecule has 0 radical (unpaired) electrons. The molecule has 3 aliphatic heterocycles. The summed E-state index contributed by atoms with van der Waals surface area (Å²) in [6.07, 6.45) is 2.31. The number of aromatic amines is 1. The third-order valence-corrected chi connectivity index (χ3v) is 8.96. The molecule has 2 saturated heterocycles. The lowest BCUT2D eigenvalue weighted by Gasteiger charge is -2.29. The Balaban J connectivity index is 1.34. The summed E-state index contributed by atoms with van der Waals surface area (Å²) in [5, 5.41) is 7.90. The Morgan fingerprint density at radius 3 is 2.57 bits per heavy atom. The van der Waals surface area contributed by atoms with Gasteiger partial charge in [0, 0.05) is 39.4 Å². The first-order valence-corrected chi connectivity index (χ1v) is 14.2. The number of aryl methyl sites for hydroxylation is 1. The Labute approximate surface area is 246 Å². The first-order chi connectivity index (χ1) is 20.2. The number of imide groups is 1. The van der Waals surface area contributed by atoms with E-state index in [1.165, 1.54) is 12.1 Å². The molecule has 1 aromatic heterocycles. The first kappa shape index (κ1) is 26.4. The zero-order valence-corrected chi connectivity index (χ0v) is 23.6. The second kappa shape index (κ2) is 9.54. The van der Waals surface area contributed by atoms with Gasteiger partial charge >= 0.3 is 5.97 Å². The normalized spacial score (nSPS) is 24.4. The van der Waals surface area contributed by atoms with Gasteiger partial charge in [-0.15, -0.1) is 0 Å². The number of aromatic nitrogens is 1. The lowest BCUT2D eigenvalue weighted by atomic mass is 9.76. The molecule has 10 heteroatoms. The van der Waals surface area contributed by atoms with Gasteiger partial charge in [0.25, 0.3) is 0 Å². The number of rotatable bonds is 5. The van der Waals surface area contributed by atoms with E-state index >= 15 is 0 Å². The highest BCUT2D eigenvalue weighted by atomic mass is 35.5. The molecule has 4 heterocycles. The monoisotopic (exact) mass is 582 g/mol. The minimum atomic E-state index is -1.49. The van der Waals surface area contributed by atoms with E-state index in [0.29, 0.717) is 33.9 Å². The second-order valence-corrected chi connectivity index (χ2v) is 11.4. The van der Waals surface area contributed by atoms with Crippen molar-refractivity contribution >= 4 is 57.6 Å². The van der Waals surface area contributed by atoms with Crippen molar-refractivity contribution in [2.45, 2.75) is 31.8 Å². The molecule has 3 N–H and O–H groups in total. The fourth-order valence-electron chi connectivity index (χ4n) is 6.96. The van der Waals surface area contributed by atoms with Crippen molar-refractivity contribution in [2.75, 3.05) is 16.8 Å². The molecule has 4 unspecified atom stereocenters. The Bertz CT molecular complexity index is 1820. The smallest absolute Gasteiger partial charge is 0.338 e. The molecule has 0 saturated carbocycles. The molecular formula is C32H27ClN4O5. The van der Waals surface area contributed by atoms with Crippen molar-refractivity contribution < 1.29 is 23.9 Å². The molecule has 4 atom stereocenters. The van der Waals surface area contributed by atoms with Crippen LogP contribution in [0.25, 0.3) is 10.9 Å². The summed E-state index contributed by atoms with van der Waals surface area (Å²) in [6, 6.07) is 17.0. The standard InChI is InChI=1S/C32H27ClN4O5/c1-3-42-30(40)17-8-10-20(11-9-17)37-28(38)25-24(13-18-15-34-23-7-5-4-6-21(18)23)36-32(26(25)29(37)39)22-14-19(33)12-16(2)27(22)35-31(32)41/h4-12,14-15,24-26,34,36H,3,13H2,1-2H3,(H,35,41). The summed E-state index contributed by atoms with van der Waals surface area (Å²) in [5.41, 5.74) is 3.01. The Morgan fingerprint density at radius 1 is 1.05 bits per heavy atom. The summed E-state index contributed by atoms with van der Waals surface area (Å²) in [7, 11) is 0. The SMILES string of the molecule is CCOC(=O)c1ccc(N2C(=O)C3C(Cc4c[nH]c5ccccc45)NC4(C(=O)Nc5c(C)cc(Cl)cc54)C3C2=O)cc1. The number of hydrogen-bond donors (Lipinski definition) is 3.